The van der Waals surface area contributed by atoms with Gasteiger partial charge in [-0.2, -0.15) is 0 Å². The van der Waals surface area contributed by atoms with Gasteiger partial charge in [0, 0.05) is 18.5 Å². The maximum absolute atomic E-state index is 13.5. The molecule has 180 valence electrons. The Labute approximate surface area is 199 Å². The topological polar surface area (TPSA) is 92.6 Å². The average Bonchev–Trinajstić information content (AvgIpc) is 3.14. The smallest absolute Gasteiger partial charge is 0.295 e. The third-order valence-corrected chi connectivity index (χ3v) is 6.42. The van der Waals surface area contributed by atoms with Gasteiger partial charge in [0.25, 0.3) is 5.91 Å². The van der Waals surface area contributed by atoms with Crippen LogP contribution in [0.2, 0.25) is 0 Å². The summed E-state index contributed by atoms with van der Waals surface area (Å²) in [6.07, 6.45) is 0.724. The van der Waals surface area contributed by atoms with Gasteiger partial charge in [-0.1, -0.05) is 30.0 Å². The first-order valence-electron chi connectivity index (χ1n) is 11.5. The molecule has 0 saturated carbocycles. The molecule has 0 bridgehead atoms. The number of morpholine rings is 1. The average molecular weight is 467 g/mol. The van der Waals surface area contributed by atoms with Gasteiger partial charge in [-0.15, -0.1) is 0 Å². The van der Waals surface area contributed by atoms with Crippen LogP contribution in [0.15, 0.2) is 54.1 Å². The number of likely N-dealkylation sites (tertiary alicyclic amines) is 1. The van der Waals surface area contributed by atoms with E-state index in [4.69, 9.17) is 14.2 Å². The Morgan fingerprint density at radius 2 is 1.76 bits per heavy atom. The number of hydrogen-bond donors (Lipinski definition) is 1. The zero-order chi connectivity index (χ0) is 24.1. The molecule has 8 nitrogen and oxygen atoms in total. The first-order chi connectivity index (χ1) is 16.5. The summed E-state index contributed by atoms with van der Waals surface area (Å²) in [5.74, 6) is -0.673. The minimum Gasteiger partial charge on any atom is -0.872 e. The second kappa shape index (κ2) is 10.7. The van der Waals surface area contributed by atoms with Crippen molar-refractivity contribution in [1.82, 2.24) is 4.90 Å². The molecule has 2 aromatic carbocycles. The summed E-state index contributed by atoms with van der Waals surface area (Å²) in [7, 11) is 3.08. The molecule has 2 aliphatic rings. The first-order valence-corrected chi connectivity index (χ1v) is 11.5. The lowest BCUT2D eigenvalue weighted by Crippen LogP contribution is -3.14. The third kappa shape index (κ3) is 4.93. The number of ether oxygens (including phenoxy) is 3. The molecule has 2 fully saturated rings. The third-order valence-electron chi connectivity index (χ3n) is 6.42. The van der Waals surface area contributed by atoms with Crippen LogP contribution in [0.1, 0.15) is 23.6 Å². The zero-order valence-electron chi connectivity index (χ0n) is 19.5. The van der Waals surface area contributed by atoms with E-state index in [0.29, 0.717) is 29.2 Å². The van der Waals surface area contributed by atoms with Gasteiger partial charge in [-0.05, 0) is 35.4 Å². The van der Waals surface area contributed by atoms with E-state index in [0.717, 1.165) is 39.3 Å². The number of nitrogens with one attached hydrogen (secondary N) is 1. The van der Waals surface area contributed by atoms with Gasteiger partial charge in [0.2, 0.25) is 5.78 Å². The fourth-order valence-electron chi connectivity index (χ4n) is 4.56. The van der Waals surface area contributed by atoms with Crippen LogP contribution in [0.25, 0.3) is 5.76 Å². The summed E-state index contributed by atoms with van der Waals surface area (Å²) < 4.78 is 15.9. The van der Waals surface area contributed by atoms with Crippen LogP contribution >= 0.6 is 0 Å². The molecule has 1 atom stereocenters. The highest BCUT2D eigenvalue weighted by Gasteiger charge is 2.44. The summed E-state index contributed by atoms with van der Waals surface area (Å²) in [6, 6.07) is 13.0. The molecular weight excluding hydrogens is 436 g/mol. The van der Waals surface area contributed by atoms with Gasteiger partial charge in [0.05, 0.1) is 40.0 Å². The van der Waals surface area contributed by atoms with Crippen LogP contribution in [-0.4, -0.2) is 70.2 Å². The first kappa shape index (κ1) is 23.8. The standard InChI is InChI=1S/C26H30N2O6/c1-32-20-9-7-18(8-10-20)23-22(24(29)19-5-3-6-21(17-19)33-2)25(30)26(31)28(23)12-4-11-27-13-15-34-16-14-27/h3,5-10,17,23,29H,4,11-16H2,1-2H3/b24-22+. The minimum absolute atomic E-state index is 0.0258. The highest BCUT2D eigenvalue weighted by molar-refractivity contribution is 6.46. The Kier molecular flexibility index (Phi) is 7.49. The summed E-state index contributed by atoms with van der Waals surface area (Å²) >= 11 is 0. The lowest BCUT2D eigenvalue weighted by atomic mass is 9.95. The molecule has 8 heteroatoms. The van der Waals surface area contributed by atoms with Gasteiger partial charge in [0.15, 0.2) is 0 Å². The van der Waals surface area contributed by atoms with Crippen molar-refractivity contribution in [3.8, 4) is 11.5 Å². The van der Waals surface area contributed by atoms with Crippen LogP contribution in [0, 0.1) is 0 Å². The van der Waals surface area contributed by atoms with Crippen molar-refractivity contribution in [2.75, 3.05) is 53.6 Å². The summed E-state index contributed by atoms with van der Waals surface area (Å²) in [5.41, 5.74) is 0.987. The van der Waals surface area contributed by atoms with Crippen LogP contribution < -0.4 is 19.5 Å². The molecule has 0 spiro atoms. The maximum atomic E-state index is 13.5. The van der Waals surface area contributed by atoms with Gasteiger partial charge in [-0.3, -0.25) is 9.59 Å². The van der Waals surface area contributed by atoms with Crippen molar-refractivity contribution < 1.29 is 33.8 Å². The Morgan fingerprint density at radius 3 is 2.44 bits per heavy atom. The van der Waals surface area contributed by atoms with E-state index in [1.54, 1.807) is 55.6 Å². The number of rotatable bonds is 8. The molecule has 2 aromatic rings. The lowest BCUT2D eigenvalue weighted by molar-refractivity contribution is -0.908. The Bertz CT molecular complexity index is 1060. The largest absolute Gasteiger partial charge is 0.872 e. The van der Waals surface area contributed by atoms with Gasteiger partial charge in [-0.25, -0.2) is 0 Å². The molecule has 2 heterocycles. The van der Waals surface area contributed by atoms with E-state index in [1.807, 2.05) is 0 Å². The van der Waals surface area contributed by atoms with E-state index in [-0.39, 0.29) is 5.57 Å². The molecule has 1 N–H and O–H groups in total. The Balaban J connectivity index is 1.68. The number of quaternary nitrogens is 1. The van der Waals surface area contributed by atoms with Crippen LogP contribution in [-0.2, 0) is 14.3 Å². The second-order valence-electron chi connectivity index (χ2n) is 8.44. The van der Waals surface area contributed by atoms with Crippen molar-refractivity contribution in [1.29, 1.82) is 0 Å². The zero-order valence-corrected chi connectivity index (χ0v) is 19.5. The van der Waals surface area contributed by atoms with E-state index in [9.17, 15) is 14.7 Å². The highest BCUT2D eigenvalue weighted by Crippen LogP contribution is 2.39. The normalized spacial score (nSPS) is 20.5. The molecular formula is C26H30N2O6. The van der Waals surface area contributed by atoms with E-state index in [1.165, 1.54) is 16.9 Å². The molecule has 4 rings (SSSR count). The quantitative estimate of drug-likeness (QED) is 0.340. The molecule has 0 radical (unpaired) electrons. The number of ketones is 1. The molecule has 2 saturated heterocycles. The van der Waals surface area contributed by atoms with Crippen molar-refractivity contribution in [3.05, 3.63) is 65.2 Å². The van der Waals surface area contributed by atoms with Crippen LogP contribution in [0.5, 0.6) is 11.5 Å². The predicted molar refractivity (Wildman–Crippen MR) is 123 cm³/mol. The molecule has 0 aliphatic carbocycles. The number of benzene rings is 2. The van der Waals surface area contributed by atoms with Gasteiger partial charge >= 0.3 is 0 Å². The Hall–Kier alpha value is -3.36. The summed E-state index contributed by atoms with van der Waals surface area (Å²) in [5, 5.41) is 13.5. The number of methoxy groups -OCH3 is 2. The fourth-order valence-corrected chi connectivity index (χ4v) is 4.56. The number of nitrogens with zero attached hydrogens (tertiary/aromatic N) is 1. The summed E-state index contributed by atoms with van der Waals surface area (Å²) in [6.45, 7) is 4.59. The fraction of sp³-hybridized carbons (Fsp3) is 0.385. The van der Waals surface area contributed by atoms with Gasteiger partial charge < -0.3 is 29.1 Å². The molecule has 2 aliphatic heterocycles. The van der Waals surface area contributed by atoms with Crippen molar-refractivity contribution >= 4 is 17.4 Å². The number of carbonyl (C=O) groups excluding carboxylic acids is 2. The van der Waals surface area contributed by atoms with E-state index in [2.05, 4.69) is 0 Å². The minimum atomic E-state index is -0.746. The van der Waals surface area contributed by atoms with Crippen molar-refractivity contribution in [3.63, 3.8) is 0 Å². The maximum Gasteiger partial charge on any atom is 0.295 e. The monoisotopic (exact) mass is 466 g/mol. The highest BCUT2D eigenvalue weighted by atomic mass is 16.5. The number of amides is 1. The molecule has 0 aromatic heterocycles. The van der Waals surface area contributed by atoms with E-state index < -0.39 is 23.5 Å². The predicted octanol–water partition coefficient (Wildman–Crippen LogP) is 0.233. The SMILES string of the molecule is COc1ccc(C2/C(=C(\[O-])c3cccc(OC)c3)C(=O)C(=O)N2CCC[NH+]2CCOCC2)cc1. The number of hydrogen-bond acceptors (Lipinski definition) is 6. The Morgan fingerprint density at radius 1 is 1.06 bits per heavy atom. The summed E-state index contributed by atoms with van der Waals surface area (Å²) in [4.78, 5) is 29.2. The number of carbonyl (C=O) groups is 2. The number of Topliss-reactive ketones (excluding diaryl/α,β-unsaturated/α-hetero) is 1. The molecule has 1 unspecified atom stereocenters. The second-order valence-corrected chi connectivity index (χ2v) is 8.44. The molecule has 34 heavy (non-hydrogen) atoms. The molecule has 1 amide bonds. The van der Waals surface area contributed by atoms with Crippen LogP contribution in [0.4, 0.5) is 0 Å². The lowest BCUT2D eigenvalue weighted by Gasteiger charge is -2.29. The van der Waals surface area contributed by atoms with Crippen molar-refractivity contribution in [2.45, 2.75) is 12.5 Å². The van der Waals surface area contributed by atoms with Crippen LogP contribution in [0.3, 0.4) is 0 Å². The van der Waals surface area contributed by atoms with Crippen molar-refractivity contribution in [2.24, 2.45) is 0 Å². The van der Waals surface area contributed by atoms with Gasteiger partial charge in [0.1, 0.15) is 24.6 Å². The van der Waals surface area contributed by atoms with E-state index >= 15 is 0 Å².